The number of aliphatic hydroxyl groups excluding tert-OH is 2. The van der Waals surface area contributed by atoms with Crippen molar-refractivity contribution in [1.82, 2.24) is 9.13 Å². The van der Waals surface area contributed by atoms with Crippen molar-refractivity contribution in [3.05, 3.63) is 79.9 Å². The topological polar surface area (TPSA) is 102 Å². The molecule has 0 saturated carbocycles. The van der Waals surface area contributed by atoms with Crippen LogP contribution in [0.25, 0.3) is 0 Å². The number of aromatic nitrogens is 2. The van der Waals surface area contributed by atoms with Gasteiger partial charge in [0.05, 0.1) is 19.8 Å². The lowest BCUT2D eigenvalue weighted by Crippen LogP contribution is -2.44. The highest BCUT2D eigenvalue weighted by atomic mass is 19.1. The maximum absolute atomic E-state index is 14.0. The SMILES string of the molecule is Cc1cn(CC(F)=C(CO)CO)c(=O)n(C(=O)c2ccccc2)c1=O. The Morgan fingerprint density at radius 2 is 1.72 bits per heavy atom. The molecule has 0 amide bonds. The zero-order chi connectivity index (χ0) is 18.6. The van der Waals surface area contributed by atoms with Crippen LogP contribution in [0.3, 0.4) is 0 Å². The quantitative estimate of drug-likeness (QED) is 0.805. The first-order chi connectivity index (χ1) is 11.9. The normalized spacial score (nSPS) is 10.6. The van der Waals surface area contributed by atoms with Crippen LogP contribution in [0.2, 0.25) is 0 Å². The summed E-state index contributed by atoms with van der Waals surface area (Å²) in [6.07, 6.45) is 1.13. The van der Waals surface area contributed by atoms with E-state index in [1.54, 1.807) is 18.2 Å². The molecular formula is C17H17FN2O5. The third-order valence-electron chi connectivity index (χ3n) is 3.63. The molecule has 132 valence electrons. The molecule has 0 aliphatic rings. The van der Waals surface area contributed by atoms with Gasteiger partial charge in [-0.1, -0.05) is 18.2 Å². The fourth-order valence-corrected chi connectivity index (χ4v) is 2.22. The van der Waals surface area contributed by atoms with E-state index in [1.807, 2.05) is 0 Å². The Bertz CT molecular complexity index is 922. The summed E-state index contributed by atoms with van der Waals surface area (Å²) in [7, 11) is 0. The Labute approximate surface area is 141 Å². The van der Waals surface area contributed by atoms with Crippen LogP contribution in [0.1, 0.15) is 15.9 Å². The van der Waals surface area contributed by atoms with E-state index in [4.69, 9.17) is 10.2 Å². The second-order valence-corrected chi connectivity index (χ2v) is 5.36. The molecular weight excluding hydrogens is 331 g/mol. The predicted molar refractivity (Wildman–Crippen MR) is 88.2 cm³/mol. The summed E-state index contributed by atoms with van der Waals surface area (Å²) in [5, 5.41) is 18.0. The number of rotatable bonds is 5. The first-order valence-electron chi connectivity index (χ1n) is 7.41. The summed E-state index contributed by atoms with van der Waals surface area (Å²) >= 11 is 0. The summed E-state index contributed by atoms with van der Waals surface area (Å²) in [6.45, 7) is -0.635. The molecule has 1 heterocycles. The molecule has 7 nitrogen and oxygen atoms in total. The van der Waals surface area contributed by atoms with Crippen LogP contribution in [0, 0.1) is 6.92 Å². The first-order valence-corrected chi connectivity index (χ1v) is 7.41. The van der Waals surface area contributed by atoms with Crippen molar-refractivity contribution < 1.29 is 19.4 Å². The molecule has 0 bridgehead atoms. The van der Waals surface area contributed by atoms with Crippen LogP contribution in [-0.4, -0.2) is 38.5 Å². The second kappa shape index (κ2) is 7.82. The van der Waals surface area contributed by atoms with Gasteiger partial charge in [0.15, 0.2) is 0 Å². The summed E-state index contributed by atoms with van der Waals surface area (Å²) < 4.78 is 15.3. The summed E-state index contributed by atoms with van der Waals surface area (Å²) in [4.78, 5) is 37.2. The van der Waals surface area contributed by atoms with Crippen molar-refractivity contribution in [3.63, 3.8) is 0 Å². The van der Waals surface area contributed by atoms with Gasteiger partial charge in [-0.25, -0.2) is 9.18 Å². The van der Waals surface area contributed by atoms with Gasteiger partial charge in [0.25, 0.3) is 11.5 Å². The Morgan fingerprint density at radius 3 is 2.28 bits per heavy atom. The minimum absolute atomic E-state index is 0.0752. The summed E-state index contributed by atoms with van der Waals surface area (Å²) in [5.74, 6) is -1.73. The van der Waals surface area contributed by atoms with Crippen molar-refractivity contribution >= 4 is 5.91 Å². The van der Waals surface area contributed by atoms with Gasteiger partial charge >= 0.3 is 5.69 Å². The van der Waals surface area contributed by atoms with E-state index in [0.717, 1.165) is 10.8 Å². The van der Waals surface area contributed by atoms with Crippen LogP contribution in [0.5, 0.6) is 0 Å². The number of hydrogen-bond acceptors (Lipinski definition) is 5. The van der Waals surface area contributed by atoms with Gasteiger partial charge in [-0.15, -0.1) is 0 Å². The van der Waals surface area contributed by atoms with Gasteiger partial charge in [0.2, 0.25) is 0 Å². The molecule has 25 heavy (non-hydrogen) atoms. The van der Waals surface area contributed by atoms with Gasteiger partial charge in [-0.05, 0) is 19.1 Å². The average molecular weight is 348 g/mol. The smallest absolute Gasteiger partial charge is 0.338 e. The van der Waals surface area contributed by atoms with E-state index in [-0.39, 0.29) is 16.7 Å². The second-order valence-electron chi connectivity index (χ2n) is 5.36. The molecule has 1 aromatic carbocycles. The number of aryl methyl sites for hydroxylation is 1. The first kappa shape index (κ1) is 18.5. The maximum atomic E-state index is 14.0. The van der Waals surface area contributed by atoms with Crippen molar-refractivity contribution in [3.8, 4) is 0 Å². The van der Waals surface area contributed by atoms with Gasteiger partial charge < -0.3 is 10.2 Å². The van der Waals surface area contributed by atoms with Crippen molar-refractivity contribution in [2.75, 3.05) is 13.2 Å². The summed E-state index contributed by atoms with van der Waals surface area (Å²) in [5.41, 5.74) is -1.86. The van der Waals surface area contributed by atoms with E-state index in [9.17, 15) is 18.8 Å². The highest BCUT2D eigenvalue weighted by molar-refractivity contribution is 5.95. The molecule has 2 rings (SSSR count). The third kappa shape index (κ3) is 3.81. The molecule has 0 spiro atoms. The summed E-state index contributed by atoms with van der Waals surface area (Å²) in [6, 6.07) is 7.76. The molecule has 0 atom stereocenters. The van der Waals surface area contributed by atoms with Crippen LogP contribution >= 0.6 is 0 Å². The zero-order valence-electron chi connectivity index (χ0n) is 13.5. The Balaban J connectivity index is 2.59. The fraction of sp³-hybridized carbons (Fsp3) is 0.235. The van der Waals surface area contributed by atoms with E-state index in [2.05, 4.69) is 0 Å². The van der Waals surface area contributed by atoms with Crippen LogP contribution in [0.15, 0.2) is 57.5 Å². The number of halogens is 1. The number of hydrogen-bond donors (Lipinski definition) is 2. The fourth-order valence-electron chi connectivity index (χ4n) is 2.22. The average Bonchev–Trinajstić information content (AvgIpc) is 2.61. The Kier molecular flexibility index (Phi) is 5.79. The highest BCUT2D eigenvalue weighted by Gasteiger charge is 2.18. The minimum atomic E-state index is -1.00. The van der Waals surface area contributed by atoms with Gasteiger partial charge in [-0.3, -0.25) is 14.2 Å². The van der Waals surface area contributed by atoms with E-state index in [1.165, 1.54) is 19.1 Å². The minimum Gasteiger partial charge on any atom is -0.392 e. The van der Waals surface area contributed by atoms with Gasteiger partial charge in [-0.2, -0.15) is 4.57 Å². The van der Waals surface area contributed by atoms with Crippen LogP contribution < -0.4 is 11.2 Å². The van der Waals surface area contributed by atoms with E-state index < -0.39 is 42.7 Å². The van der Waals surface area contributed by atoms with E-state index >= 15 is 0 Å². The lowest BCUT2D eigenvalue weighted by Gasteiger charge is -2.11. The van der Waals surface area contributed by atoms with Gasteiger partial charge in [0.1, 0.15) is 5.83 Å². The number of aliphatic hydroxyl groups is 2. The number of benzene rings is 1. The number of allylic oxidation sites excluding steroid dienone is 1. The largest absolute Gasteiger partial charge is 0.392 e. The van der Waals surface area contributed by atoms with Gasteiger partial charge in [0, 0.05) is 22.9 Å². The standard InChI is InChI=1S/C17H17FN2O5/c1-11-7-19(8-14(18)13(9-21)10-22)17(25)20(15(11)23)16(24)12-5-3-2-4-6-12/h2-7,21-22H,8-10H2,1H3. The molecule has 0 radical (unpaired) electrons. The predicted octanol–water partition coefficient (Wildman–Crippen LogP) is 0.215. The molecule has 0 saturated heterocycles. The van der Waals surface area contributed by atoms with E-state index in [0.29, 0.717) is 4.57 Å². The molecule has 2 N–H and O–H groups in total. The highest BCUT2D eigenvalue weighted by Crippen LogP contribution is 2.08. The lowest BCUT2D eigenvalue weighted by atomic mass is 10.2. The number of carbonyl (C=O) groups is 1. The zero-order valence-corrected chi connectivity index (χ0v) is 13.5. The van der Waals surface area contributed by atoms with Crippen LogP contribution in [0.4, 0.5) is 4.39 Å². The molecule has 2 aromatic rings. The van der Waals surface area contributed by atoms with Crippen molar-refractivity contribution in [2.24, 2.45) is 0 Å². The van der Waals surface area contributed by atoms with Crippen molar-refractivity contribution in [1.29, 1.82) is 0 Å². The number of carbonyl (C=O) groups excluding carboxylic acids is 1. The molecule has 1 aromatic heterocycles. The molecule has 8 heteroatoms. The van der Waals surface area contributed by atoms with Crippen LogP contribution in [-0.2, 0) is 6.54 Å². The lowest BCUT2D eigenvalue weighted by molar-refractivity contribution is 0.0948. The van der Waals surface area contributed by atoms with Crippen molar-refractivity contribution in [2.45, 2.75) is 13.5 Å². The number of nitrogens with zero attached hydrogens (tertiary/aromatic N) is 2. The Morgan fingerprint density at radius 1 is 1.12 bits per heavy atom. The molecule has 0 aliphatic heterocycles. The Hall–Kier alpha value is -2.84. The molecule has 0 unspecified atom stereocenters. The third-order valence-corrected chi connectivity index (χ3v) is 3.63. The molecule has 0 fully saturated rings. The maximum Gasteiger partial charge on any atom is 0.338 e. The monoisotopic (exact) mass is 348 g/mol. The molecule has 0 aliphatic carbocycles.